The second-order valence-electron chi connectivity index (χ2n) is 14.8. The maximum Gasteiger partial charge on any atom is 0.418 e. The highest BCUT2D eigenvalue weighted by Crippen LogP contribution is 2.40. The molecule has 2 aromatic heterocycles. The molecule has 1 aliphatic carbocycles. The predicted molar refractivity (Wildman–Crippen MR) is 212 cm³/mol. The van der Waals surface area contributed by atoms with Crippen LogP contribution in [-0.2, 0) is 41.4 Å². The minimum atomic E-state index is -4.58. The number of hydrogen-bond acceptors (Lipinski definition) is 6. The minimum absolute atomic E-state index is 0.00436. The van der Waals surface area contributed by atoms with Crippen molar-refractivity contribution in [3.8, 4) is 0 Å². The van der Waals surface area contributed by atoms with E-state index >= 15 is 0 Å². The molecule has 4 aromatic rings. The van der Waals surface area contributed by atoms with E-state index in [2.05, 4.69) is 37.8 Å². The highest BCUT2D eigenvalue weighted by atomic mass is 32.1. The van der Waals surface area contributed by atoms with Gasteiger partial charge in [-0.15, -0.1) is 0 Å². The van der Waals surface area contributed by atoms with E-state index in [4.69, 9.17) is 12.6 Å². The van der Waals surface area contributed by atoms with Crippen molar-refractivity contribution in [2.45, 2.75) is 102 Å². The number of hydrogen-bond donors (Lipinski definition) is 6. The molecule has 0 saturated heterocycles. The van der Waals surface area contributed by atoms with Crippen LogP contribution in [0.25, 0.3) is 10.9 Å². The Morgan fingerprint density at radius 3 is 2.44 bits per heavy atom. The van der Waals surface area contributed by atoms with Crippen molar-refractivity contribution < 1.29 is 27.2 Å². The average molecular weight is 781 g/mol. The molecule has 0 aliphatic heterocycles. The zero-order chi connectivity index (χ0) is 39.9. The summed E-state index contributed by atoms with van der Waals surface area (Å²) in [4.78, 5) is 35.5. The fourth-order valence-corrected chi connectivity index (χ4v) is 7.91. The molecule has 2 heterocycles. The monoisotopic (exact) mass is 780 g/mol. The summed E-state index contributed by atoms with van der Waals surface area (Å²) in [5.41, 5.74) is 0.800. The van der Waals surface area contributed by atoms with Gasteiger partial charge in [0.25, 0.3) is 0 Å². The summed E-state index contributed by atoms with van der Waals surface area (Å²) in [6, 6.07) is 13.0. The Bertz CT molecular complexity index is 1950. The zero-order valence-corrected chi connectivity index (χ0v) is 32.7. The molecule has 55 heavy (non-hydrogen) atoms. The summed E-state index contributed by atoms with van der Waals surface area (Å²) < 4.78 is 56.9. The first-order valence-electron chi connectivity index (χ1n) is 19.0. The van der Waals surface area contributed by atoms with Gasteiger partial charge >= 0.3 is 6.18 Å². The summed E-state index contributed by atoms with van der Waals surface area (Å²) in [7, 11) is 0. The summed E-state index contributed by atoms with van der Waals surface area (Å²) in [6.07, 6.45) is 1.44. The minimum Gasteiger partial charge on any atom is -0.373 e. The van der Waals surface area contributed by atoms with Crippen LogP contribution in [0.3, 0.4) is 0 Å². The second-order valence-corrected chi connectivity index (χ2v) is 15.4. The summed E-state index contributed by atoms with van der Waals surface area (Å²) >= 11 is 4.91. The maximum absolute atomic E-state index is 14.9. The maximum atomic E-state index is 14.9. The van der Waals surface area contributed by atoms with Gasteiger partial charge in [-0.1, -0.05) is 83.5 Å². The van der Waals surface area contributed by atoms with E-state index in [9.17, 15) is 27.2 Å². The van der Waals surface area contributed by atoms with Crippen molar-refractivity contribution in [2.75, 3.05) is 6.54 Å². The fraction of sp³-hybridized carbons (Fsp3) is 0.452. The number of halogens is 4. The van der Waals surface area contributed by atoms with Crippen LogP contribution in [0.1, 0.15) is 74.9 Å². The highest BCUT2D eigenvalue weighted by molar-refractivity contribution is 7.81. The van der Waals surface area contributed by atoms with Gasteiger partial charge in [-0.3, -0.25) is 14.6 Å². The van der Waals surface area contributed by atoms with Crippen LogP contribution in [0.4, 0.5) is 17.6 Å². The second kappa shape index (κ2) is 18.1. The fourth-order valence-electron chi connectivity index (χ4n) is 7.41. The number of thiol groups is 1. The number of rotatable bonds is 17. The molecule has 0 bridgehead atoms. The first-order chi connectivity index (χ1) is 26.2. The van der Waals surface area contributed by atoms with E-state index in [0.717, 1.165) is 18.1 Å². The number of aryl methyl sites for hydroxylation is 1. The normalized spacial score (nSPS) is 18.4. The molecule has 1 aliphatic rings. The molecule has 5 N–H and O–H groups in total. The number of pyridine rings is 1. The number of aromatic amines is 1. The lowest BCUT2D eigenvalue weighted by Gasteiger charge is -2.42. The van der Waals surface area contributed by atoms with Crippen molar-refractivity contribution in [3.63, 3.8) is 0 Å². The average Bonchev–Trinajstić information content (AvgIpc) is 3.53. The number of carbonyl (C=O) groups is 2. The highest BCUT2D eigenvalue weighted by Gasteiger charge is 2.46. The van der Waals surface area contributed by atoms with Gasteiger partial charge in [0.05, 0.1) is 35.0 Å². The van der Waals surface area contributed by atoms with Gasteiger partial charge in [0.2, 0.25) is 11.8 Å². The Balaban J connectivity index is 1.47. The van der Waals surface area contributed by atoms with Gasteiger partial charge in [-0.25, -0.2) is 4.39 Å². The van der Waals surface area contributed by atoms with Crippen molar-refractivity contribution in [3.05, 3.63) is 113 Å². The van der Waals surface area contributed by atoms with Gasteiger partial charge in [0.1, 0.15) is 11.4 Å². The largest absolute Gasteiger partial charge is 0.418 e. The Morgan fingerprint density at radius 1 is 1.02 bits per heavy atom. The number of para-hydroxylation sites is 1. The predicted octanol–water partition coefficient (Wildman–Crippen LogP) is 7.44. The Kier molecular flexibility index (Phi) is 13.7. The lowest BCUT2D eigenvalue weighted by Crippen LogP contribution is -2.65. The Labute approximate surface area is 326 Å². The van der Waals surface area contributed by atoms with Gasteiger partial charge < -0.3 is 26.3 Å². The Morgan fingerprint density at radius 2 is 1.76 bits per heavy atom. The standard InChI is InChI=1S/C42H52F4N6O2S/c1-6-25(3)36(50-35(53)22-29-13-8-9-16-33(29)43)27(5)52-41(19-17-34-31(23-41)30-14-10-15-32(38(30)49-34)42(44,45)46)40(54)51-37(26(4)7-2)39(55)48-21-18-28-12-11-20-47-24-28/h8-16,20,24-26,36-37,39,48-49,52,55H,5-7,17-19,21-23H2,1-4H3,(H,50,53)(H,51,54)/t25?,26?,36-,37-,39?,41+/m0/s1. The van der Waals surface area contributed by atoms with E-state index in [-0.39, 0.29) is 54.5 Å². The van der Waals surface area contributed by atoms with Crippen LogP contribution in [0.15, 0.2) is 79.3 Å². The quantitative estimate of drug-likeness (QED) is 0.0379. The summed E-state index contributed by atoms with van der Waals surface area (Å²) in [5, 5.41) is 13.2. The van der Waals surface area contributed by atoms with Gasteiger partial charge in [0.15, 0.2) is 0 Å². The van der Waals surface area contributed by atoms with Crippen LogP contribution in [-0.4, -0.2) is 51.3 Å². The van der Waals surface area contributed by atoms with E-state index < -0.39 is 46.5 Å². The molecule has 2 amide bonds. The number of alkyl halides is 3. The third kappa shape index (κ3) is 9.91. The van der Waals surface area contributed by atoms with Crippen molar-refractivity contribution in [2.24, 2.45) is 11.8 Å². The van der Waals surface area contributed by atoms with Crippen LogP contribution < -0.4 is 21.3 Å². The molecule has 5 rings (SSSR count). The van der Waals surface area contributed by atoms with E-state index in [1.807, 2.05) is 39.8 Å². The van der Waals surface area contributed by atoms with E-state index in [1.54, 1.807) is 36.7 Å². The molecular formula is C42H52F4N6O2S. The number of carbonyl (C=O) groups excluding carboxylic acids is 2. The first-order valence-corrected chi connectivity index (χ1v) is 19.5. The number of nitrogens with one attached hydrogen (secondary N) is 5. The SMILES string of the molecule is C=C(N[C@]1(C(=O)N[C@@H](C(C)CC)C(S)NCCc2cccnc2)CCc2[nH]c3c(C(F)(F)F)cccc3c2C1)[C@@H](NC(=O)Cc1ccccc1F)C(C)CC. The number of nitrogens with zero attached hydrogens (tertiary/aromatic N) is 1. The van der Waals surface area contributed by atoms with Crippen molar-refractivity contribution in [1.29, 1.82) is 0 Å². The third-order valence-corrected chi connectivity index (χ3v) is 11.6. The molecule has 0 radical (unpaired) electrons. The molecule has 6 atom stereocenters. The molecule has 13 heteroatoms. The molecule has 3 unspecified atom stereocenters. The molecule has 296 valence electrons. The molecule has 0 saturated carbocycles. The van der Waals surface area contributed by atoms with E-state index in [1.165, 1.54) is 12.1 Å². The van der Waals surface area contributed by atoms with E-state index in [0.29, 0.717) is 41.7 Å². The molecular weight excluding hydrogens is 729 g/mol. The summed E-state index contributed by atoms with van der Waals surface area (Å²) in [5.74, 6) is -1.37. The smallest absolute Gasteiger partial charge is 0.373 e. The number of fused-ring (bicyclic) bond motifs is 3. The number of amides is 2. The topological polar surface area (TPSA) is 111 Å². The first kappa shape index (κ1) is 41.8. The lowest BCUT2D eigenvalue weighted by atomic mass is 9.77. The Hall–Kier alpha value is -4.36. The van der Waals surface area contributed by atoms with Crippen LogP contribution >= 0.6 is 12.6 Å². The number of benzene rings is 2. The number of H-pyrrole nitrogens is 1. The van der Waals surface area contributed by atoms with Crippen molar-refractivity contribution >= 4 is 35.3 Å². The van der Waals surface area contributed by atoms with Gasteiger partial charge in [-0.2, -0.15) is 25.8 Å². The molecule has 0 spiro atoms. The molecule has 2 aromatic carbocycles. The molecule has 8 nitrogen and oxygen atoms in total. The zero-order valence-electron chi connectivity index (χ0n) is 31.8. The van der Waals surface area contributed by atoms with Crippen LogP contribution in [0, 0.1) is 17.7 Å². The van der Waals surface area contributed by atoms with Crippen LogP contribution in [0.2, 0.25) is 0 Å². The number of aromatic nitrogens is 2. The lowest BCUT2D eigenvalue weighted by molar-refractivity contribution is -0.136. The molecule has 0 fully saturated rings. The van der Waals surface area contributed by atoms with Crippen molar-refractivity contribution in [1.82, 2.24) is 31.2 Å². The summed E-state index contributed by atoms with van der Waals surface area (Å²) in [6.45, 7) is 12.9. The van der Waals surface area contributed by atoms with Gasteiger partial charge in [0, 0.05) is 42.1 Å². The van der Waals surface area contributed by atoms with Crippen LogP contribution in [0.5, 0.6) is 0 Å². The van der Waals surface area contributed by atoms with Gasteiger partial charge in [-0.05, 0) is 66.0 Å². The third-order valence-electron chi connectivity index (χ3n) is 11.0.